The van der Waals surface area contributed by atoms with E-state index >= 15 is 0 Å². The molecule has 0 N–H and O–H groups in total. The maximum Gasteiger partial charge on any atom is 0.215 e. The van der Waals surface area contributed by atoms with Crippen LogP contribution in [0.25, 0.3) is 44.1 Å². The second-order valence-electron chi connectivity index (χ2n) is 12.1. The van der Waals surface area contributed by atoms with Gasteiger partial charge in [-0.1, -0.05) is 121 Å². The molecule has 2 aliphatic rings. The summed E-state index contributed by atoms with van der Waals surface area (Å²) in [5, 5.41) is 2.09. The molecule has 0 bridgehead atoms. The van der Waals surface area contributed by atoms with Gasteiger partial charge < -0.3 is 14.5 Å². The zero-order valence-corrected chi connectivity index (χ0v) is 29.3. The van der Waals surface area contributed by atoms with Crippen molar-refractivity contribution >= 4 is 53.8 Å². The number of ether oxygens (including phenoxy) is 2. The Bertz CT molecular complexity index is 2170. The van der Waals surface area contributed by atoms with Gasteiger partial charge in [0.2, 0.25) is 11.8 Å². The molecule has 0 unspecified atom stereocenters. The molecule has 5 nitrogen and oxygen atoms in total. The molecule has 7 aromatic rings. The van der Waals surface area contributed by atoms with Crippen LogP contribution in [-0.4, -0.2) is 25.0 Å². The van der Waals surface area contributed by atoms with Gasteiger partial charge in [0.05, 0.1) is 0 Å². The summed E-state index contributed by atoms with van der Waals surface area (Å²) < 4.78 is 12.7. The minimum absolute atomic E-state index is 0.0672. The molecule has 0 spiro atoms. The van der Waals surface area contributed by atoms with E-state index in [1.807, 2.05) is 48.5 Å². The number of halogens is 2. The number of hydrogen-bond acceptors (Lipinski definition) is 4. The number of nitrogens with zero attached hydrogens (tertiary/aromatic N) is 3. The predicted octanol–water partition coefficient (Wildman–Crippen LogP) is 10.7. The maximum atomic E-state index is 6.35. The first-order valence-electron chi connectivity index (χ1n) is 16.3. The summed E-state index contributed by atoms with van der Waals surface area (Å²) in [5.41, 5.74) is 10.2. The normalized spacial score (nSPS) is 16.7. The first-order valence-corrected chi connectivity index (χ1v) is 19.3. The third-order valence-corrected chi connectivity index (χ3v) is 9.08. The molecule has 8 heteroatoms. The van der Waals surface area contributed by atoms with Crippen LogP contribution in [0.3, 0.4) is 0 Å². The van der Waals surface area contributed by atoms with E-state index in [-0.39, 0.29) is 25.2 Å². The molecule has 50 heavy (non-hydrogen) atoms. The third-order valence-electron chi connectivity index (χ3n) is 9.08. The van der Waals surface area contributed by atoms with Crippen molar-refractivity contribution in [2.75, 3.05) is 13.2 Å². The van der Waals surface area contributed by atoms with Gasteiger partial charge in [-0.15, -0.1) is 11.0 Å². The topological polar surface area (TPSA) is 57.3 Å². The summed E-state index contributed by atoms with van der Waals surface area (Å²) in [7, 11) is 9.53. The van der Waals surface area contributed by atoms with Gasteiger partial charge in [-0.2, -0.15) is 0 Å². The fourth-order valence-electron chi connectivity index (χ4n) is 6.69. The first-order chi connectivity index (χ1) is 24.7. The fourth-order valence-corrected chi connectivity index (χ4v) is 6.69. The molecule has 0 fully saturated rings. The van der Waals surface area contributed by atoms with Crippen LogP contribution in [0.2, 0.25) is 0 Å². The molecule has 0 radical (unpaired) electrons. The quantitative estimate of drug-likeness (QED) is 0.160. The molecule has 1 aromatic heterocycles. The molecule has 0 saturated heterocycles. The van der Waals surface area contributed by atoms with Crippen LogP contribution < -0.4 is 4.98 Å². The molecular formula is C42H30Cl2FeN3O2. The van der Waals surface area contributed by atoms with E-state index < -0.39 is 0 Å². The Morgan fingerprint density at radius 1 is 0.500 bits per heavy atom. The summed E-state index contributed by atoms with van der Waals surface area (Å²) in [4.78, 5) is 15.5. The van der Waals surface area contributed by atoms with Gasteiger partial charge >= 0.3 is 33.3 Å². The van der Waals surface area contributed by atoms with E-state index in [9.17, 15) is 0 Å². The summed E-state index contributed by atoms with van der Waals surface area (Å²) in [6, 6.07) is 50.3. The van der Waals surface area contributed by atoms with Crippen LogP contribution in [0.1, 0.15) is 34.3 Å². The van der Waals surface area contributed by atoms with Gasteiger partial charge in [0.1, 0.15) is 25.3 Å². The summed E-state index contributed by atoms with van der Waals surface area (Å²) >= 11 is 0.194. The van der Waals surface area contributed by atoms with Crippen molar-refractivity contribution in [3.8, 4) is 22.3 Å². The van der Waals surface area contributed by atoms with E-state index in [4.69, 9.17) is 44.6 Å². The van der Waals surface area contributed by atoms with E-state index in [1.54, 1.807) is 0 Å². The van der Waals surface area contributed by atoms with Crippen LogP contribution in [0.5, 0.6) is 0 Å². The van der Waals surface area contributed by atoms with Gasteiger partial charge in [-0.25, -0.2) is 9.98 Å². The van der Waals surface area contributed by atoms with Crippen molar-refractivity contribution in [2.45, 2.75) is 12.1 Å². The van der Waals surface area contributed by atoms with Gasteiger partial charge in [0.25, 0.3) is 0 Å². The van der Waals surface area contributed by atoms with Crippen LogP contribution >= 0.6 is 20.2 Å². The van der Waals surface area contributed by atoms with E-state index in [1.165, 1.54) is 0 Å². The Hall–Kier alpha value is -4.84. The zero-order chi connectivity index (χ0) is 33.9. The van der Waals surface area contributed by atoms with Crippen LogP contribution in [0.4, 0.5) is 0 Å². The minimum atomic E-state index is -0.0672. The molecule has 2 aliphatic heterocycles. The Labute approximate surface area is 305 Å². The van der Waals surface area contributed by atoms with Crippen molar-refractivity contribution in [2.24, 2.45) is 9.98 Å². The third kappa shape index (κ3) is 6.44. The first kappa shape index (κ1) is 32.4. The minimum Gasteiger partial charge on any atom is -0.656 e. The average molecular weight is 735 g/mol. The van der Waals surface area contributed by atoms with E-state index in [0.29, 0.717) is 25.0 Å². The van der Waals surface area contributed by atoms with Crippen molar-refractivity contribution in [3.05, 3.63) is 168 Å². The molecule has 9 rings (SSSR count). The molecule has 0 aliphatic carbocycles. The molecule has 2 atom stereocenters. The number of fused-ring (bicyclic) bond motifs is 3. The monoisotopic (exact) mass is 734 g/mol. The molecule has 6 aromatic carbocycles. The van der Waals surface area contributed by atoms with Crippen LogP contribution in [0, 0.1) is 0 Å². The van der Waals surface area contributed by atoms with Crippen LogP contribution in [0.15, 0.2) is 156 Å². The van der Waals surface area contributed by atoms with Crippen molar-refractivity contribution in [3.63, 3.8) is 0 Å². The van der Waals surface area contributed by atoms with Crippen LogP contribution in [-0.2, 0) is 22.6 Å². The standard InChI is InChI=1S/C42H30N3O2.2ClH.Fe/c1-5-13-27(14-6-1)31-21-33-34-22-32(28-15-7-2-8-16-28)24-36(42-44-38(26-47-42)30-19-11-4-12-20-30)40(34)45-39(33)35(23-31)41-43-37(25-46-41)29-17-9-3-10-18-29;;;/h1-24,37-38H,25-26H2;2*1H;/q-1;;;+3/p-2/t37-,38-;;;/m1.../s1. The Kier molecular flexibility index (Phi) is 9.43. The Balaban J connectivity index is 0.00000116. The summed E-state index contributed by atoms with van der Waals surface area (Å²) in [6.07, 6.45) is 0. The molecule has 3 heterocycles. The van der Waals surface area contributed by atoms with Gasteiger partial charge in [-0.3, -0.25) is 0 Å². The van der Waals surface area contributed by atoms with Gasteiger partial charge in [0.15, 0.2) is 0 Å². The molecular weight excluding hydrogens is 705 g/mol. The second kappa shape index (κ2) is 14.6. The summed E-state index contributed by atoms with van der Waals surface area (Å²) in [5.74, 6) is 1.24. The number of hydrogen-bond donors (Lipinski definition) is 0. The SMILES string of the molecule is [Cl][Fe+][Cl].c1ccc(-c2cc(C3=N[C@@H](c4ccccc4)CO3)c3[n-]c4c(C5=N[C@@H](c6ccccc6)CO5)cc(-c5ccccc5)cc4c3c2)cc1. The van der Waals surface area contributed by atoms with Gasteiger partial charge in [-0.05, 0) is 68.4 Å². The second-order valence-corrected chi connectivity index (χ2v) is 13.9. The van der Waals surface area contributed by atoms with E-state index in [0.717, 1.165) is 66.3 Å². The maximum absolute atomic E-state index is 6.35. The van der Waals surface area contributed by atoms with Crippen molar-refractivity contribution in [1.82, 2.24) is 4.98 Å². The predicted molar refractivity (Wildman–Crippen MR) is 201 cm³/mol. The number of benzene rings is 6. The van der Waals surface area contributed by atoms with Gasteiger partial charge in [0, 0.05) is 11.1 Å². The average Bonchev–Trinajstić information content (AvgIpc) is 3.96. The fraction of sp³-hybridized carbons (Fsp3) is 0.0952. The number of rotatable bonds is 6. The van der Waals surface area contributed by atoms with Crippen molar-refractivity contribution < 1.29 is 22.6 Å². The van der Waals surface area contributed by atoms with E-state index in [2.05, 4.69) is 97.1 Å². The summed E-state index contributed by atoms with van der Waals surface area (Å²) in [6.45, 7) is 0.983. The number of aromatic nitrogens is 1. The largest absolute Gasteiger partial charge is 0.656 e. The Morgan fingerprint density at radius 3 is 1.24 bits per heavy atom. The molecule has 0 saturated carbocycles. The zero-order valence-electron chi connectivity index (χ0n) is 26.7. The smallest absolute Gasteiger partial charge is 0.215 e. The van der Waals surface area contributed by atoms with Crippen molar-refractivity contribution in [1.29, 1.82) is 0 Å². The molecule has 0 amide bonds. The number of aliphatic imine (C=N–C) groups is 2. The molecule has 247 valence electrons. The Morgan fingerprint density at radius 2 is 0.860 bits per heavy atom.